The molecule has 0 saturated carbocycles. The van der Waals surface area contributed by atoms with E-state index in [4.69, 9.17) is 16.2 Å². The molecule has 0 radical (unpaired) electrons. The highest BCUT2D eigenvalue weighted by Gasteiger charge is 2.21. The zero-order valence-electron chi connectivity index (χ0n) is 14.3. The third-order valence-corrected chi connectivity index (χ3v) is 4.65. The first-order valence-corrected chi connectivity index (χ1v) is 8.13. The van der Waals surface area contributed by atoms with Crippen molar-refractivity contribution < 1.29 is 9.30 Å². The minimum absolute atomic E-state index is 0.742. The van der Waals surface area contributed by atoms with E-state index in [-0.39, 0.29) is 0 Å². The Morgan fingerprint density at radius 1 is 0.800 bits per heavy atom. The topological polar surface area (TPSA) is 65.1 Å². The molecule has 4 aromatic rings. The summed E-state index contributed by atoms with van der Waals surface area (Å²) in [6.45, 7) is 0. The van der Waals surface area contributed by atoms with Crippen molar-refractivity contribution in [1.82, 2.24) is 0 Å². The van der Waals surface area contributed by atoms with Gasteiger partial charge >= 0.3 is 0 Å². The van der Waals surface area contributed by atoms with Crippen LogP contribution < -0.4 is 20.8 Å². The van der Waals surface area contributed by atoms with E-state index in [2.05, 4.69) is 29.8 Å². The molecule has 124 valence electrons. The number of hydrogen-bond acceptors (Lipinski definition) is 3. The highest BCUT2D eigenvalue weighted by atomic mass is 16.5. The molecule has 0 amide bonds. The first kappa shape index (κ1) is 15.3. The zero-order valence-corrected chi connectivity index (χ0v) is 14.3. The SMILES string of the molecule is COc1cccc(-c2c3cc(N)ccc3c3ccc(N)cc3[n+]2C)c1. The van der Waals surface area contributed by atoms with Gasteiger partial charge in [0.1, 0.15) is 12.8 Å². The number of hydrogen-bond donors (Lipinski definition) is 2. The number of ether oxygens (including phenoxy) is 1. The van der Waals surface area contributed by atoms with E-state index in [9.17, 15) is 0 Å². The molecule has 4 N–H and O–H groups in total. The van der Waals surface area contributed by atoms with Gasteiger partial charge in [-0.15, -0.1) is 0 Å². The summed E-state index contributed by atoms with van der Waals surface area (Å²) in [5.41, 5.74) is 16.9. The van der Waals surface area contributed by atoms with E-state index >= 15 is 0 Å². The average Bonchev–Trinajstić information content (AvgIpc) is 2.62. The van der Waals surface area contributed by atoms with Gasteiger partial charge in [0, 0.05) is 22.8 Å². The van der Waals surface area contributed by atoms with Crippen molar-refractivity contribution in [3.05, 3.63) is 60.7 Å². The minimum Gasteiger partial charge on any atom is -0.497 e. The molecule has 4 rings (SSSR count). The highest BCUT2D eigenvalue weighted by Crippen LogP contribution is 2.33. The number of pyridine rings is 1. The molecule has 0 saturated heterocycles. The fraction of sp³-hybridized carbons (Fsp3) is 0.0952. The van der Waals surface area contributed by atoms with Crippen LogP contribution in [0.25, 0.3) is 32.9 Å². The third kappa shape index (κ3) is 2.43. The molecule has 0 bridgehead atoms. The van der Waals surface area contributed by atoms with Gasteiger partial charge in [-0.25, -0.2) is 0 Å². The molecule has 0 atom stereocenters. The maximum absolute atomic E-state index is 6.09. The lowest BCUT2D eigenvalue weighted by molar-refractivity contribution is -0.632. The van der Waals surface area contributed by atoms with Crippen molar-refractivity contribution in [3.63, 3.8) is 0 Å². The highest BCUT2D eigenvalue weighted by molar-refractivity contribution is 6.10. The molecule has 4 nitrogen and oxygen atoms in total. The van der Waals surface area contributed by atoms with Crippen LogP contribution >= 0.6 is 0 Å². The number of rotatable bonds is 2. The Balaban J connectivity index is 2.20. The molecular formula is C21H20N3O+. The van der Waals surface area contributed by atoms with E-state index in [0.29, 0.717) is 0 Å². The quantitative estimate of drug-likeness (QED) is 0.335. The number of aromatic nitrogens is 1. The van der Waals surface area contributed by atoms with Crippen LogP contribution in [0.4, 0.5) is 11.4 Å². The maximum Gasteiger partial charge on any atom is 0.220 e. The Hall–Kier alpha value is -3.27. The molecule has 0 unspecified atom stereocenters. The zero-order chi connectivity index (χ0) is 17.6. The summed E-state index contributed by atoms with van der Waals surface area (Å²) in [4.78, 5) is 0. The van der Waals surface area contributed by atoms with Crippen LogP contribution in [0.3, 0.4) is 0 Å². The van der Waals surface area contributed by atoms with Crippen LogP contribution in [-0.4, -0.2) is 7.11 Å². The Labute approximate surface area is 146 Å². The van der Waals surface area contributed by atoms with Gasteiger partial charge in [0.05, 0.1) is 23.4 Å². The monoisotopic (exact) mass is 330 g/mol. The van der Waals surface area contributed by atoms with Crippen molar-refractivity contribution in [2.45, 2.75) is 0 Å². The van der Waals surface area contributed by atoms with Gasteiger partial charge in [0.15, 0.2) is 0 Å². The van der Waals surface area contributed by atoms with Crippen molar-refractivity contribution in [2.24, 2.45) is 7.05 Å². The molecule has 3 aromatic carbocycles. The number of methoxy groups -OCH3 is 1. The second kappa shape index (κ2) is 5.67. The molecule has 25 heavy (non-hydrogen) atoms. The summed E-state index contributed by atoms with van der Waals surface area (Å²) < 4.78 is 7.57. The van der Waals surface area contributed by atoms with E-state index in [0.717, 1.165) is 50.1 Å². The number of nitrogens with zero attached hydrogens (tertiary/aromatic N) is 1. The number of aryl methyl sites for hydroxylation is 1. The normalized spacial score (nSPS) is 11.1. The van der Waals surface area contributed by atoms with E-state index in [1.54, 1.807) is 7.11 Å². The van der Waals surface area contributed by atoms with Gasteiger partial charge in [0.25, 0.3) is 0 Å². The number of nitrogen functional groups attached to an aromatic ring is 2. The summed E-state index contributed by atoms with van der Waals surface area (Å²) in [7, 11) is 3.73. The Kier molecular flexibility index (Phi) is 3.46. The Morgan fingerprint density at radius 3 is 2.28 bits per heavy atom. The van der Waals surface area contributed by atoms with Crippen LogP contribution in [0.1, 0.15) is 0 Å². The van der Waals surface area contributed by atoms with Crippen molar-refractivity contribution in [3.8, 4) is 17.0 Å². The minimum atomic E-state index is 0.742. The first-order chi connectivity index (χ1) is 12.1. The van der Waals surface area contributed by atoms with Gasteiger partial charge in [-0.3, -0.25) is 0 Å². The molecule has 0 spiro atoms. The largest absolute Gasteiger partial charge is 0.497 e. The summed E-state index contributed by atoms with van der Waals surface area (Å²) in [5.74, 6) is 0.822. The van der Waals surface area contributed by atoms with Gasteiger partial charge in [-0.05, 0) is 42.5 Å². The predicted octanol–water partition coefficient (Wildman–Crippen LogP) is 3.66. The van der Waals surface area contributed by atoms with Crippen LogP contribution in [0.15, 0.2) is 60.7 Å². The lowest BCUT2D eigenvalue weighted by Crippen LogP contribution is -2.32. The Morgan fingerprint density at radius 2 is 1.52 bits per heavy atom. The van der Waals surface area contributed by atoms with Crippen molar-refractivity contribution >= 4 is 33.1 Å². The average molecular weight is 330 g/mol. The van der Waals surface area contributed by atoms with Crippen LogP contribution in [0.2, 0.25) is 0 Å². The number of benzene rings is 3. The van der Waals surface area contributed by atoms with Crippen molar-refractivity contribution in [1.29, 1.82) is 0 Å². The molecule has 0 aliphatic carbocycles. The molecule has 0 aliphatic rings. The molecule has 1 aromatic heterocycles. The van der Waals surface area contributed by atoms with E-state index in [1.807, 2.05) is 42.5 Å². The predicted molar refractivity (Wildman–Crippen MR) is 103 cm³/mol. The van der Waals surface area contributed by atoms with Gasteiger partial charge in [-0.1, -0.05) is 12.1 Å². The maximum atomic E-state index is 6.09. The molecule has 0 aliphatic heterocycles. The molecule has 0 fully saturated rings. The molecule has 1 heterocycles. The number of nitrogens with two attached hydrogens (primary N) is 2. The summed E-state index contributed by atoms with van der Waals surface area (Å²) in [5, 5.41) is 3.41. The van der Waals surface area contributed by atoms with Gasteiger partial charge in [0.2, 0.25) is 11.2 Å². The second-order valence-corrected chi connectivity index (χ2v) is 6.22. The molecular weight excluding hydrogens is 310 g/mol. The Bertz CT molecular complexity index is 1120. The van der Waals surface area contributed by atoms with Crippen LogP contribution in [0, 0.1) is 0 Å². The van der Waals surface area contributed by atoms with E-state index < -0.39 is 0 Å². The summed E-state index contributed by atoms with van der Waals surface area (Å²) in [6, 6.07) is 20.1. The fourth-order valence-electron chi connectivity index (χ4n) is 3.47. The smallest absolute Gasteiger partial charge is 0.220 e. The number of fused-ring (bicyclic) bond motifs is 3. The van der Waals surface area contributed by atoms with Crippen molar-refractivity contribution in [2.75, 3.05) is 18.6 Å². The van der Waals surface area contributed by atoms with Crippen LogP contribution in [-0.2, 0) is 7.05 Å². The first-order valence-electron chi connectivity index (χ1n) is 8.13. The lowest BCUT2D eigenvalue weighted by atomic mass is 9.98. The summed E-state index contributed by atoms with van der Waals surface area (Å²) in [6.07, 6.45) is 0. The lowest BCUT2D eigenvalue weighted by Gasteiger charge is -2.11. The second-order valence-electron chi connectivity index (χ2n) is 6.22. The number of anilines is 2. The molecule has 4 heteroatoms. The van der Waals surface area contributed by atoms with Gasteiger partial charge in [-0.2, -0.15) is 4.57 Å². The standard InChI is InChI=1S/C21H19N3O/c1-24-20-12-15(23)7-9-18(20)17-8-6-14(22)11-19(17)21(24)13-4-3-5-16(10-13)25-2/h3-12,23H,22H2,1-2H3/p+1. The summed E-state index contributed by atoms with van der Waals surface area (Å²) >= 11 is 0. The van der Waals surface area contributed by atoms with E-state index in [1.165, 1.54) is 0 Å². The van der Waals surface area contributed by atoms with Gasteiger partial charge < -0.3 is 16.2 Å². The van der Waals surface area contributed by atoms with Crippen LogP contribution in [0.5, 0.6) is 5.75 Å². The third-order valence-electron chi connectivity index (χ3n) is 4.65. The fourth-order valence-corrected chi connectivity index (χ4v) is 3.47.